The van der Waals surface area contributed by atoms with Gasteiger partial charge in [-0.3, -0.25) is 24.0 Å². The number of thioether (sulfide) groups is 1. The summed E-state index contributed by atoms with van der Waals surface area (Å²) in [7, 11) is 1.67. The van der Waals surface area contributed by atoms with Crippen molar-refractivity contribution in [2.75, 3.05) is 12.4 Å². The molecule has 2 unspecified atom stereocenters. The lowest BCUT2D eigenvalue weighted by atomic mass is 10.0. The smallest absolute Gasteiger partial charge is 0.352 e. The largest absolute Gasteiger partial charge is 0.477 e. The average molecular weight is 380 g/mol. The van der Waals surface area contributed by atoms with Crippen LogP contribution in [0.4, 0.5) is 0 Å². The number of β-lactam (4-membered cyclic amide) rings is 1. The van der Waals surface area contributed by atoms with Gasteiger partial charge in [0.1, 0.15) is 23.7 Å². The standard InChI is InChI=1S/C15H16N4O6S/c1-7(20)25-5-9-6-26-14-10(13(22)19(14)11(9)15(23)24)17-12(21)8-3-16-18(2)4-8/h3-4,10,14H,5-6H2,1-2H3,(H,17,21)(H,23,24). The highest BCUT2D eigenvalue weighted by Crippen LogP contribution is 2.40. The second-order valence-corrected chi connectivity index (χ2v) is 6.91. The lowest BCUT2D eigenvalue weighted by Crippen LogP contribution is -2.70. The van der Waals surface area contributed by atoms with Gasteiger partial charge in [-0.2, -0.15) is 5.10 Å². The van der Waals surface area contributed by atoms with Gasteiger partial charge in [0.25, 0.3) is 11.8 Å². The Hall–Kier alpha value is -2.82. The number of carboxylic acids is 1. The summed E-state index contributed by atoms with van der Waals surface area (Å²) in [5, 5.41) is 15.5. The van der Waals surface area contributed by atoms with Crippen molar-refractivity contribution in [2.24, 2.45) is 7.05 Å². The SMILES string of the molecule is CC(=O)OCC1=C(C(=O)O)N2C(=O)C(NC(=O)c3cnn(C)c3)C2SC1. The van der Waals surface area contributed by atoms with Gasteiger partial charge in [-0.25, -0.2) is 4.79 Å². The van der Waals surface area contributed by atoms with Gasteiger partial charge < -0.3 is 15.2 Å². The number of amides is 2. The summed E-state index contributed by atoms with van der Waals surface area (Å²) in [6.07, 6.45) is 2.90. The lowest BCUT2D eigenvalue weighted by molar-refractivity contribution is -0.149. The third-order valence-electron chi connectivity index (χ3n) is 3.95. The molecule has 2 N–H and O–H groups in total. The first-order chi connectivity index (χ1) is 12.3. The molecule has 0 bridgehead atoms. The van der Waals surface area contributed by atoms with Crippen molar-refractivity contribution in [1.29, 1.82) is 0 Å². The van der Waals surface area contributed by atoms with Crippen LogP contribution in [0.25, 0.3) is 0 Å². The molecule has 10 nitrogen and oxygen atoms in total. The predicted octanol–water partition coefficient (Wildman–Crippen LogP) is -0.665. The number of fused-ring (bicyclic) bond motifs is 1. The number of aryl methyl sites for hydroxylation is 1. The molecule has 2 atom stereocenters. The molecule has 11 heteroatoms. The number of hydrogen-bond donors (Lipinski definition) is 2. The maximum Gasteiger partial charge on any atom is 0.352 e. The maximum absolute atomic E-state index is 12.4. The minimum atomic E-state index is -1.28. The van der Waals surface area contributed by atoms with Gasteiger partial charge in [0, 0.05) is 31.5 Å². The van der Waals surface area contributed by atoms with E-state index in [-0.39, 0.29) is 18.1 Å². The Kier molecular flexibility index (Phi) is 4.72. The molecule has 1 fully saturated rings. The number of esters is 1. The van der Waals surface area contributed by atoms with Crippen LogP contribution in [0, 0.1) is 0 Å². The Bertz CT molecular complexity index is 832. The molecule has 0 radical (unpaired) electrons. The summed E-state index contributed by atoms with van der Waals surface area (Å²) in [5.74, 6) is -2.50. The van der Waals surface area contributed by atoms with Crippen LogP contribution in [0.2, 0.25) is 0 Å². The second-order valence-electron chi connectivity index (χ2n) is 5.80. The highest BCUT2D eigenvalue weighted by Gasteiger charge is 2.54. The van der Waals surface area contributed by atoms with E-state index in [0.29, 0.717) is 11.1 Å². The molecule has 2 aliphatic rings. The van der Waals surface area contributed by atoms with E-state index in [0.717, 1.165) is 4.90 Å². The minimum absolute atomic E-state index is 0.187. The number of ether oxygens (including phenoxy) is 1. The summed E-state index contributed by atoms with van der Waals surface area (Å²) in [4.78, 5) is 48.3. The first kappa shape index (κ1) is 18.0. The van der Waals surface area contributed by atoms with Crippen molar-refractivity contribution in [3.63, 3.8) is 0 Å². The van der Waals surface area contributed by atoms with Crippen LogP contribution in [0.1, 0.15) is 17.3 Å². The molecule has 1 aromatic rings. The van der Waals surface area contributed by atoms with Gasteiger partial charge in [-0.1, -0.05) is 0 Å². The number of carbonyl (C=O) groups is 4. The number of aliphatic carboxylic acids is 1. The van der Waals surface area contributed by atoms with E-state index in [1.165, 1.54) is 35.8 Å². The van der Waals surface area contributed by atoms with E-state index in [1.807, 2.05) is 0 Å². The molecule has 0 aromatic carbocycles. The van der Waals surface area contributed by atoms with Gasteiger partial charge in [0.15, 0.2) is 0 Å². The van der Waals surface area contributed by atoms with E-state index in [4.69, 9.17) is 4.74 Å². The van der Waals surface area contributed by atoms with Crippen LogP contribution in [0.5, 0.6) is 0 Å². The first-order valence-electron chi connectivity index (χ1n) is 7.62. The van der Waals surface area contributed by atoms with Crippen LogP contribution in [0.3, 0.4) is 0 Å². The number of carboxylic acid groups (broad SMARTS) is 1. The molecule has 26 heavy (non-hydrogen) atoms. The fourth-order valence-corrected chi connectivity index (χ4v) is 4.07. The topological polar surface area (TPSA) is 131 Å². The van der Waals surface area contributed by atoms with Crippen LogP contribution in [-0.4, -0.2) is 67.3 Å². The van der Waals surface area contributed by atoms with Crippen molar-refractivity contribution in [2.45, 2.75) is 18.3 Å². The molecular weight excluding hydrogens is 364 g/mol. The minimum Gasteiger partial charge on any atom is -0.477 e. The predicted molar refractivity (Wildman–Crippen MR) is 88.8 cm³/mol. The number of hydrogen-bond acceptors (Lipinski definition) is 7. The Labute approximate surface area is 152 Å². The van der Waals surface area contributed by atoms with Gasteiger partial charge in [0.05, 0.1) is 11.8 Å². The molecule has 2 aliphatic heterocycles. The Morgan fingerprint density at radius 1 is 1.46 bits per heavy atom. The molecule has 3 rings (SSSR count). The first-order valence-corrected chi connectivity index (χ1v) is 8.67. The molecule has 0 spiro atoms. The van der Waals surface area contributed by atoms with Crippen molar-refractivity contribution < 1.29 is 29.0 Å². The maximum atomic E-state index is 12.4. The van der Waals surface area contributed by atoms with E-state index in [9.17, 15) is 24.3 Å². The monoisotopic (exact) mass is 380 g/mol. The average Bonchev–Trinajstić information content (AvgIpc) is 3.02. The molecule has 2 amide bonds. The van der Waals surface area contributed by atoms with Crippen LogP contribution in [-0.2, 0) is 26.2 Å². The van der Waals surface area contributed by atoms with Gasteiger partial charge >= 0.3 is 11.9 Å². The van der Waals surface area contributed by atoms with E-state index >= 15 is 0 Å². The third kappa shape index (κ3) is 3.17. The Balaban J connectivity index is 1.75. The van der Waals surface area contributed by atoms with Crippen molar-refractivity contribution in [3.05, 3.63) is 29.2 Å². The van der Waals surface area contributed by atoms with Crippen molar-refractivity contribution in [3.8, 4) is 0 Å². The molecule has 138 valence electrons. The van der Waals surface area contributed by atoms with Crippen molar-refractivity contribution in [1.82, 2.24) is 20.0 Å². The molecule has 0 aliphatic carbocycles. The molecular formula is C15H16N4O6S. The van der Waals surface area contributed by atoms with Crippen molar-refractivity contribution >= 4 is 35.5 Å². The highest BCUT2D eigenvalue weighted by molar-refractivity contribution is 8.00. The number of carbonyl (C=O) groups excluding carboxylic acids is 3. The summed E-state index contributed by atoms with van der Waals surface area (Å²) >= 11 is 1.31. The van der Waals surface area contributed by atoms with E-state index < -0.39 is 35.2 Å². The zero-order chi connectivity index (χ0) is 19.0. The fraction of sp³-hybridized carbons (Fsp3) is 0.400. The van der Waals surface area contributed by atoms with Crippen LogP contribution >= 0.6 is 11.8 Å². The second kappa shape index (κ2) is 6.83. The van der Waals surface area contributed by atoms with Gasteiger partial charge in [-0.05, 0) is 0 Å². The summed E-state index contributed by atoms with van der Waals surface area (Å²) in [6.45, 7) is 1.03. The third-order valence-corrected chi connectivity index (χ3v) is 5.29. The van der Waals surface area contributed by atoms with Gasteiger partial charge in [0.2, 0.25) is 0 Å². The van der Waals surface area contributed by atoms with Crippen LogP contribution in [0.15, 0.2) is 23.7 Å². The van der Waals surface area contributed by atoms with Crippen LogP contribution < -0.4 is 5.32 Å². The quantitative estimate of drug-likeness (QED) is 0.508. The highest BCUT2D eigenvalue weighted by atomic mass is 32.2. The zero-order valence-electron chi connectivity index (χ0n) is 14.0. The summed E-state index contributed by atoms with van der Waals surface area (Å²) in [5.41, 5.74) is 0.468. The number of nitrogens with zero attached hydrogens (tertiary/aromatic N) is 3. The Morgan fingerprint density at radius 3 is 2.77 bits per heavy atom. The number of nitrogens with one attached hydrogen (secondary N) is 1. The van der Waals surface area contributed by atoms with Gasteiger partial charge in [-0.15, -0.1) is 11.8 Å². The molecule has 1 aromatic heterocycles. The lowest BCUT2D eigenvalue weighted by Gasteiger charge is -2.49. The normalized spacial score (nSPS) is 21.8. The van der Waals surface area contributed by atoms with E-state index in [2.05, 4.69) is 10.4 Å². The molecule has 3 heterocycles. The molecule has 1 saturated heterocycles. The van der Waals surface area contributed by atoms with E-state index in [1.54, 1.807) is 7.05 Å². The Morgan fingerprint density at radius 2 is 2.19 bits per heavy atom. The molecule has 0 saturated carbocycles. The zero-order valence-corrected chi connectivity index (χ0v) is 14.8. The fourth-order valence-electron chi connectivity index (χ4n) is 2.75. The number of aromatic nitrogens is 2. The summed E-state index contributed by atoms with van der Waals surface area (Å²) < 4.78 is 6.33. The summed E-state index contributed by atoms with van der Waals surface area (Å²) in [6, 6.07) is -0.822. The number of rotatable bonds is 5.